The number of nitrogens with zero attached hydrogens (tertiary/aromatic N) is 1. The molecule has 1 fully saturated rings. The number of hydrogen-bond acceptors (Lipinski definition) is 3. The van der Waals surface area contributed by atoms with Gasteiger partial charge in [0.2, 0.25) is 22.2 Å². The lowest BCUT2D eigenvalue weighted by Crippen LogP contribution is -2.48. The van der Waals surface area contributed by atoms with Crippen LogP contribution in [0, 0.1) is 11.3 Å². The zero-order valence-electron chi connectivity index (χ0n) is 16.5. The van der Waals surface area contributed by atoms with Crippen LogP contribution in [0.5, 0.6) is 0 Å². The molecule has 0 bridgehead atoms. The van der Waals surface area contributed by atoms with Crippen LogP contribution in [-0.2, 0) is 9.53 Å². The Kier molecular flexibility index (Phi) is 5.11. The van der Waals surface area contributed by atoms with Crippen molar-refractivity contribution in [3.05, 3.63) is 35.1 Å². The predicted molar refractivity (Wildman–Crippen MR) is 104 cm³/mol. The van der Waals surface area contributed by atoms with E-state index in [-0.39, 0.29) is 12.0 Å². The molecule has 0 radical (unpaired) electrons. The van der Waals surface area contributed by atoms with E-state index in [1.165, 1.54) is 11.1 Å². The summed E-state index contributed by atoms with van der Waals surface area (Å²) in [5, 5.41) is 4.32. The third kappa shape index (κ3) is 3.63. The molecule has 2 heterocycles. The van der Waals surface area contributed by atoms with Gasteiger partial charge in [0.1, 0.15) is 5.60 Å². The fourth-order valence-corrected chi connectivity index (χ4v) is 5.26. The number of carbonyl (C=O) groups is 2. The van der Waals surface area contributed by atoms with Gasteiger partial charge in [-0.05, 0) is 46.1 Å². The second-order valence-corrected chi connectivity index (χ2v) is 9.55. The van der Waals surface area contributed by atoms with Crippen LogP contribution in [0.4, 0.5) is 4.79 Å². The minimum atomic E-state index is -0.534. The summed E-state index contributed by atoms with van der Waals surface area (Å²) in [6.45, 7) is 8.72. The molecule has 2 unspecified atom stereocenters. The van der Waals surface area contributed by atoms with E-state index in [4.69, 9.17) is 4.74 Å². The van der Waals surface area contributed by atoms with Gasteiger partial charge >= 0.3 is 6.09 Å². The average Bonchev–Trinajstić information content (AvgIpc) is 2.89. The van der Waals surface area contributed by atoms with Crippen LogP contribution in [0.2, 0.25) is 5.28 Å². The molecule has 5 nitrogen and oxygen atoms in total. The monoisotopic (exact) mass is 372 g/mol. The van der Waals surface area contributed by atoms with Crippen LogP contribution < -0.4 is 5.32 Å². The Morgan fingerprint density at radius 1 is 1.46 bits per heavy atom. The van der Waals surface area contributed by atoms with E-state index >= 15 is 0 Å². The SMILES string of the molecule is CC1=CC=CC2=C(NC(=O)C3(CCN(C(=O)OC(C)(C)C)C3)C2)C1[CH2][AlH2]. The minimum absolute atomic E-state index is 0.0607. The minimum Gasteiger partial charge on any atom is -0.444 e. The van der Waals surface area contributed by atoms with Crippen molar-refractivity contribution < 1.29 is 14.3 Å². The highest BCUT2D eigenvalue weighted by atomic mass is 27.0. The van der Waals surface area contributed by atoms with Crippen LogP contribution in [0.25, 0.3) is 0 Å². The number of likely N-dealkylation sites (tertiary alicyclic amines) is 1. The van der Waals surface area contributed by atoms with Gasteiger partial charge in [0, 0.05) is 24.7 Å². The average molecular weight is 372 g/mol. The van der Waals surface area contributed by atoms with E-state index in [0.29, 0.717) is 31.8 Å². The topological polar surface area (TPSA) is 58.6 Å². The smallest absolute Gasteiger partial charge is 0.410 e. The molecular formula is C20H29AlN2O3. The van der Waals surface area contributed by atoms with E-state index in [1.807, 2.05) is 20.8 Å². The summed E-state index contributed by atoms with van der Waals surface area (Å²) in [5.41, 5.74) is 2.54. The molecule has 0 aromatic heterocycles. The predicted octanol–water partition coefficient (Wildman–Crippen LogP) is 2.57. The van der Waals surface area contributed by atoms with E-state index in [0.717, 1.165) is 27.3 Å². The van der Waals surface area contributed by atoms with E-state index in [2.05, 4.69) is 30.5 Å². The second-order valence-electron chi connectivity index (χ2n) is 8.73. The van der Waals surface area contributed by atoms with Gasteiger partial charge in [0.25, 0.3) is 0 Å². The number of carbonyl (C=O) groups excluding carboxylic acids is 2. The first-order valence-electron chi connectivity index (χ1n) is 9.52. The maximum atomic E-state index is 13.1. The van der Waals surface area contributed by atoms with Crippen LogP contribution in [0.3, 0.4) is 0 Å². The maximum Gasteiger partial charge on any atom is 0.410 e. The Hall–Kier alpha value is -1.51. The maximum absolute atomic E-state index is 13.1. The van der Waals surface area contributed by atoms with Crippen molar-refractivity contribution in [3.8, 4) is 0 Å². The fourth-order valence-electron chi connectivity index (χ4n) is 4.21. The number of rotatable bonds is 1. The quantitative estimate of drug-likeness (QED) is 0.720. The van der Waals surface area contributed by atoms with Gasteiger partial charge in [0.05, 0.1) is 5.41 Å². The third-order valence-electron chi connectivity index (χ3n) is 5.57. The molecule has 0 aromatic carbocycles. The van der Waals surface area contributed by atoms with Crippen LogP contribution in [0.1, 0.15) is 40.5 Å². The number of hydrogen-bond donors (Lipinski definition) is 1. The molecule has 2 amide bonds. The summed E-state index contributed by atoms with van der Waals surface area (Å²) in [7, 11) is 0. The van der Waals surface area contributed by atoms with Crippen molar-refractivity contribution in [2.75, 3.05) is 13.1 Å². The van der Waals surface area contributed by atoms with Gasteiger partial charge in [0.15, 0.2) is 0 Å². The van der Waals surface area contributed by atoms with Crippen molar-refractivity contribution in [1.82, 2.24) is 10.2 Å². The van der Waals surface area contributed by atoms with Crippen molar-refractivity contribution in [2.24, 2.45) is 11.3 Å². The lowest BCUT2D eigenvalue weighted by molar-refractivity contribution is -0.130. The number of nitrogens with one attached hydrogen (secondary N) is 1. The highest BCUT2D eigenvalue weighted by Crippen LogP contribution is 2.44. The molecule has 140 valence electrons. The molecule has 2 aliphatic heterocycles. The first kappa shape index (κ1) is 19.3. The molecule has 0 saturated carbocycles. The highest BCUT2D eigenvalue weighted by Gasteiger charge is 2.50. The number of ether oxygens (including phenoxy) is 1. The molecule has 3 aliphatic rings. The van der Waals surface area contributed by atoms with Gasteiger partial charge in [-0.25, -0.2) is 4.79 Å². The molecule has 1 spiro atoms. The largest absolute Gasteiger partial charge is 0.444 e. The number of amides is 2. The molecule has 2 atom stereocenters. The van der Waals surface area contributed by atoms with Crippen LogP contribution >= 0.6 is 0 Å². The Bertz CT molecular complexity index is 717. The van der Waals surface area contributed by atoms with Gasteiger partial charge in [-0.15, -0.1) is 0 Å². The summed E-state index contributed by atoms with van der Waals surface area (Å²) in [6.07, 6.45) is 7.43. The summed E-state index contributed by atoms with van der Waals surface area (Å²) < 4.78 is 5.49. The second kappa shape index (κ2) is 6.90. The van der Waals surface area contributed by atoms with Crippen molar-refractivity contribution in [2.45, 2.75) is 51.4 Å². The highest BCUT2D eigenvalue weighted by molar-refractivity contribution is 6.09. The van der Waals surface area contributed by atoms with E-state index < -0.39 is 11.0 Å². The third-order valence-corrected chi connectivity index (χ3v) is 6.39. The first-order valence-corrected chi connectivity index (χ1v) is 10.9. The molecule has 1 aliphatic carbocycles. The van der Waals surface area contributed by atoms with E-state index in [1.54, 1.807) is 4.90 Å². The lowest BCUT2D eigenvalue weighted by atomic mass is 9.75. The Morgan fingerprint density at radius 3 is 2.85 bits per heavy atom. The van der Waals surface area contributed by atoms with Crippen molar-refractivity contribution in [3.63, 3.8) is 0 Å². The zero-order valence-corrected chi connectivity index (χ0v) is 18.5. The molecule has 1 saturated heterocycles. The number of allylic oxidation sites excluding steroid dienone is 5. The molecule has 3 rings (SSSR count). The van der Waals surface area contributed by atoms with Gasteiger partial charge < -0.3 is 15.0 Å². The Labute approximate surface area is 163 Å². The fraction of sp³-hybridized carbons (Fsp3) is 0.600. The molecule has 1 N–H and O–H groups in total. The molecule has 6 heteroatoms. The Balaban J connectivity index is 1.82. The normalized spacial score (nSPS) is 28.6. The standard InChI is InChI=1S/C20H27N2O3.Al.2H/c1-13-7-6-8-15-11-20(17(23)21-16(15)14(13)2)9-10-22(12-20)18(24)25-19(3,4)5;;;/h6-8,14H,2,9-12H2,1,3-5H3,(H,21,23);;;. The summed E-state index contributed by atoms with van der Waals surface area (Å²) in [6, 6.07) is 0. The zero-order chi connectivity index (χ0) is 19.1. The van der Waals surface area contributed by atoms with Gasteiger partial charge in [-0.3, -0.25) is 4.79 Å². The van der Waals surface area contributed by atoms with Crippen LogP contribution in [0.15, 0.2) is 35.1 Å². The van der Waals surface area contributed by atoms with Gasteiger partial charge in [-0.2, -0.15) is 0 Å². The molecular weight excluding hydrogens is 343 g/mol. The van der Waals surface area contributed by atoms with Crippen LogP contribution in [-0.4, -0.2) is 51.9 Å². The summed E-state index contributed by atoms with van der Waals surface area (Å²) >= 11 is 1.09. The van der Waals surface area contributed by atoms with Crippen molar-refractivity contribution >= 4 is 28.3 Å². The molecule has 0 aromatic rings. The first-order chi connectivity index (χ1) is 12.1. The Morgan fingerprint density at radius 2 is 2.19 bits per heavy atom. The summed E-state index contributed by atoms with van der Waals surface area (Å²) in [4.78, 5) is 27.2. The molecule has 26 heavy (non-hydrogen) atoms. The van der Waals surface area contributed by atoms with E-state index in [9.17, 15) is 9.59 Å². The van der Waals surface area contributed by atoms with Gasteiger partial charge in [-0.1, -0.05) is 29.1 Å². The lowest BCUT2D eigenvalue weighted by Gasteiger charge is -2.36. The van der Waals surface area contributed by atoms with Crippen molar-refractivity contribution in [1.29, 1.82) is 0 Å². The summed E-state index contributed by atoms with van der Waals surface area (Å²) in [5.74, 6) is 0.377.